The van der Waals surface area contributed by atoms with Crippen LogP contribution in [-0.2, 0) is 6.54 Å². The van der Waals surface area contributed by atoms with Crippen molar-refractivity contribution in [2.45, 2.75) is 13.5 Å². The van der Waals surface area contributed by atoms with E-state index in [9.17, 15) is 4.79 Å². The number of rotatable bonds is 4. The van der Waals surface area contributed by atoms with Gasteiger partial charge in [-0.3, -0.25) is 4.79 Å². The molecular formula is C17H14ClN3O. The van der Waals surface area contributed by atoms with E-state index >= 15 is 0 Å². The van der Waals surface area contributed by atoms with E-state index in [0.29, 0.717) is 29.2 Å². The van der Waals surface area contributed by atoms with E-state index in [2.05, 4.69) is 10.3 Å². The molecule has 4 nitrogen and oxygen atoms in total. The first-order valence-electron chi connectivity index (χ1n) is 6.89. The van der Waals surface area contributed by atoms with E-state index < -0.39 is 0 Å². The highest BCUT2D eigenvalue weighted by Crippen LogP contribution is 2.29. The zero-order valence-electron chi connectivity index (χ0n) is 12.0. The Morgan fingerprint density at radius 3 is 2.59 bits per heavy atom. The smallest absolute Gasteiger partial charge is 0.172 e. The lowest BCUT2D eigenvalue weighted by Gasteiger charge is -2.10. The molecule has 0 amide bonds. The maximum absolute atomic E-state index is 11.3. The highest BCUT2D eigenvalue weighted by atomic mass is 35.5. The zero-order chi connectivity index (χ0) is 15.5. The van der Waals surface area contributed by atoms with Gasteiger partial charge >= 0.3 is 0 Å². The fourth-order valence-corrected chi connectivity index (χ4v) is 2.62. The minimum Gasteiger partial charge on any atom is -0.296 e. The molecule has 1 heterocycles. The number of aromatic nitrogens is 3. The van der Waals surface area contributed by atoms with E-state index in [1.165, 1.54) is 0 Å². The van der Waals surface area contributed by atoms with Crippen LogP contribution in [-0.4, -0.2) is 21.3 Å². The molecule has 110 valence electrons. The van der Waals surface area contributed by atoms with E-state index in [4.69, 9.17) is 11.6 Å². The number of halogens is 1. The third kappa shape index (κ3) is 2.65. The molecule has 0 aliphatic heterocycles. The second-order valence-corrected chi connectivity index (χ2v) is 5.41. The summed E-state index contributed by atoms with van der Waals surface area (Å²) in [5, 5.41) is 8.65. The Kier molecular flexibility index (Phi) is 4.02. The van der Waals surface area contributed by atoms with Gasteiger partial charge < -0.3 is 0 Å². The van der Waals surface area contributed by atoms with E-state index in [0.717, 1.165) is 16.7 Å². The van der Waals surface area contributed by atoms with Crippen LogP contribution in [0.2, 0.25) is 5.02 Å². The summed E-state index contributed by atoms with van der Waals surface area (Å²) in [5.74, 6) is 0. The first kappa shape index (κ1) is 14.5. The van der Waals surface area contributed by atoms with Crippen LogP contribution >= 0.6 is 11.6 Å². The number of hydrogen-bond donors (Lipinski definition) is 0. The number of carbonyl (C=O) groups excluding carboxylic acids is 1. The fourth-order valence-electron chi connectivity index (χ4n) is 2.40. The number of nitrogens with zero attached hydrogens (tertiary/aromatic N) is 3. The monoisotopic (exact) mass is 311 g/mol. The van der Waals surface area contributed by atoms with Crippen LogP contribution in [0.15, 0.2) is 48.5 Å². The summed E-state index contributed by atoms with van der Waals surface area (Å²) in [7, 11) is 0. The largest absolute Gasteiger partial charge is 0.296 e. The first-order chi connectivity index (χ1) is 10.7. The molecule has 5 heteroatoms. The van der Waals surface area contributed by atoms with Crippen LogP contribution in [0.3, 0.4) is 0 Å². The fraction of sp³-hybridized carbons (Fsp3) is 0.118. The van der Waals surface area contributed by atoms with Crippen LogP contribution in [0.4, 0.5) is 0 Å². The topological polar surface area (TPSA) is 47.8 Å². The molecule has 3 aromatic rings. The molecule has 1 aromatic heterocycles. The van der Waals surface area contributed by atoms with E-state index in [1.807, 2.05) is 49.4 Å². The number of carbonyl (C=O) groups is 1. The van der Waals surface area contributed by atoms with Crippen LogP contribution in [0.1, 0.15) is 21.6 Å². The van der Waals surface area contributed by atoms with Crippen LogP contribution in [0, 0.1) is 6.92 Å². The third-order valence-electron chi connectivity index (χ3n) is 3.58. The van der Waals surface area contributed by atoms with Crippen LogP contribution in [0.5, 0.6) is 0 Å². The lowest BCUT2D eigenvalue weighted by molar-refractivity contribution is 0.111. The molecule has 0 saturated heterocycles. The second kappa shape index (κ2) is 6.12. The summed E-state index contributed by atoms with van der Waals surface area (Å²) in [5.41, 5.74) is 3.98. The van der Waals surface area contributed by atoms with Crippen molar-refractivity contribution in [3.63, 3.8) is 0 Å². The van der Waals surface area contributed by atoms with Gasteiger partial charge in [0.25, 0.3) is 0 Å². The van der Waals surface area contributed by atoms with Gasteiger partial charge in [-0.25, -0.2) is 4.68 Å². The van der Waals surface area contributed by atoms with Gasteiger partial charge in [0.1, 0.15) is 5.69 Å². The highest BCUT2D eigenvalue weighted by molar-refractivity contribution is 6.33. The van der Waals surface area contributed by atoms with Gasteiger partial charge in [0.15, 0.2) is 12.0 Å². The van der Waals surface area contributed by atoms with Gasteiger partial charge in [0.05, 0.1) is 11.6 Å². The molecule has 0 bridgehead atoms. The zero-order valence-corrected chi connectivity index (χ0v) is 12.8. The maximum atomic E-state index is 11.3. The predicted molar refractivity (Wildman–Crippen MR) is 86.1 cm³/mol. The van der Waals surface area contributed by atoms with Gasteiger partial charge in [-0.05, 0) is 24.1 Å². The van der Waals surface area contributed by atoms with Crippen molar-refractivity contribution in [3.05, 3.63) is 70.4 Å². The van der Waals surface area contributed by atoms with Crippen molar-refractivity contribution < 1.29 is 4.79 Å². The van der Waals surface area contributed by atoms with Crippen LogP contribution in [0.25, 0.3) is 11.3 Å². The molecule has 22 heavy (non-hydrogen) atoms. The number of aryl methyl sites for hydroxylation is 1. The highest BCUT2D eigenvalue weighted by Gasteiger charge is 2.17. The van der Waals surface area contributed by atoms with E-state index in [1.54, 1.807) is 10.7 Å². The van der Waals surface area contributed by atoms with Gasteiger partial charge in [0, 0.05) is 5.56 Å². The molecule has 0 N–H and O–H groups in total. The Hall–Kier alpha value is -2.46. The lowest BCUT2D eigenvalue weighted by atomic mass is 10.1. The minimum absolute atomic E-state index is 0.293. The maximum Gasteiger partial charge on any atom is 0.172 e. The molecule has 2 aromatic carbocycles. The van der Waals surface area contributed by atoms with E-state index in [-0.39, 0.29) is 0 Å². The molecular weight excluding hydrogens is 298 g/mol. The summed E-state index contributed by atoms with van der Waals surface area (Å²) >= 11 is 6.27. The third-order valence-corrected chi connectivity index (χ3v) is 3.91. The lowest BCUT2D eigenvalue weighted by Crippen LogP contribution is -2.06. The van der Waals surface area contributed by atoms with Crippen molar-refractivity contribution in [2.24, 2.45) is 0 Å². The second-order valence-electron chi connectivity index (χ2n) is 5.01. The number of hydrogen-bond acceptors (Lipinski definition) is 3. The predicted octanol–water partition coefficient (Wildman–Crippen LogP) is 3.77. The summed E-state index contributed by atoms with van der Waals surface area (Å²) in [6, 6.07) is 15.4. The summed E-state index contributed by atoms with van der Waals surface area (Å²) in [6.07, 6.45) is 0.708. The SMILES string of the molecule is Cc1ccccc1Cn1nnc(C=O)c1-c1ccccc1Cl. The molecule has 0 radical (unpaired) electrons. The molecule has 0 unspecified atom stereocenters. The van der Waals surface area contributed by atoms with Crippen molar-refractivity contribution in [3.8, 4) is 11.3 Å². The molecule has 0 spiro atoms. The summed E-state index contributed by atoms with van der Waals surface area (Å²) in [6.45, 7) is 2.58. The Morgan fingerprint density at radius 1 is 1.14 bits per heavy atom. The molecule has 0 aliphatic carbocycles. The molecule has 0 aliphatic rings. The molecule has 0 saturated carbocycles. The Morgan fingerprint density at radius 2 is 1.86 bits per heavy atom. The van der Waals surface area contributed by atoms with Gasteiger partial charge in [-0.1, -0.05) is 59.3 Å². The average Bonchev–Trinajstić information content (AvgIpc) is 2.93. The Labute approximate surface area is 133 Å². The quantitative estimate of drug-likeness (QED) is 0.689. The van der Waals surface area contributed by atoms with Crippen molar-refractivity contribution in [1.29, 1.82) is 0 Å². The van der Waals surface area contributed by atoms with Gasteiger partial charge in [0.2, 0.25) is 0 Å². The van der Waals surface area contributed by atoms with Gasteiger partial charge in [-0.15, -0.1) is 5.10 Å². The Balaban J connectivity index is 2.11. The molecule has 0 atom stereocenters. The number of aldehydes is 1. The molecule has 3 rings (SSSR count). The standard InChI is InChI=1S/C17H14ClN3O/c1-12-6-2-3-7-13(12)10-21-17(16(11-22)19-20-21)14-8-4-5-9-15(14)18/h2-9,11H,10H2,1H3. The van der Waals surface area contributed by atoms with Crippen molar-refractivity contribution in [1.82, 2.24) is 15.0 Å². The summed E-state index contributed by atoms with van der Waals surface area (Å²) < 4.78 is 1.72. The Bertz CT molecular complexity index is 826. The first-order valence-corrected chi connectivity index (χ1v) is 7.26. The average molecular weight is 312 g/mol. The summed E-state index contributed by atoms with van der Waals surface area (Å²) in [4.78, 5) is 11.3. The van der Waals surface area contributed by atoms with Crippen LogP contribution < -0.4 is 0 Å². The van der Waals surface area contributed by atoms with Crippen molar-refractivity contribution >= 4 is 17.9 Å². The molecule has 0 fully saturated rings. The van der Waals surface area contributed by atoms with Gasteiger partial charge in [-0.2, -0.15) is 0 Å². The van der Waals surface area contributed by atoms with Crippen molar-refractivity contribution in [2.75, 3.05) is 0 Å². The normalized spacial score (nSPS) is 10.6. The minimum atomic E-state index is 0.293. The number of benzene rings is 2.